The van der Waals surface area contributed by atoms with Gasteiger partial charge in [-0.1, -0.05) is 107 Å². The van der Waals surface area contributed by atoms with Gasteiger partial charge in [0.25, 0.3) is 0 Å². The van der Waals surface area contributed by atoms with Crippen LogP contribution in [0.1, 0.15) is 129 Å². The molecule has 0 aromatic rings. The molecule has 0 aliphatic heterocycles. The fraction of sp³-hybridized carbons (Fsp3) is 0.719. The van der Waals surface area contributed by atoms with Gasteiger partial charge in [0.2, 0.25) is 5.91 Å². The van der Waals surface area contributed by atoms with Crippen LogP contribution in [-0.2, 0) is 4.79 Å². The molecule has 0 aromatic heterocycles. The molecule has 0 aromatic carbocycles. The zero-order valence-electron chi connectivity index (χ0n) is 23.5. The van der Waals surface area contributed by atoms with Crippen LogP contribution in [0, 0.1) is 0 Å². The minimum Gasteiger partial charge on any atom is -0.394 e. The van der Waals surface area contributed by atoms with E-state index in [0.717, 1.165) is 51.4 Å². The van der Waals surface area contributed by atoms with Crippen LogP contribution in [0.2, 0.25) is 0 Å². The second-order valence-electron chi connectivity index (χ2n) is 9.80. The lowest BCUT2D eigenvalue weighted by atomic mass is 10.1. The Kier molecular flexibility index (Phi) is 26.6. The Labute approximate surface area is 223 Å². The Morgan fingerprint density at radius 1 is 0.694 bits per heavy atom. The van der Waals surface area contributed by atoms with E-state index in [1.807, 2.05) is 13.0 Å². The second kappa shape index (κ2) is 27.9. The van der Waals surface area contributed by atoms with E-state index in [2.05, 4.69) is 48.7 Å². The predicted molar refractivity (Wildman–Crippen MR) is 156 cm³/mol. The number of carbonyl (C=O) groups is 1. The lowest BCUT2D eigenvalue weighted by Gasteiger charge is -2.19. The minimum atomic E-state index is -0.869. The molecule has 4 nitrogen and oxygen atoms in total. The lowest BCUT2D eigenvalue weighted by molar-refractivity contribution is -0.123. The third-order valence-corrected chi connectivity index (χ3v) is 6.36. The van der Waals surface area contributed by atoms with Crippen molar-refractivity contribution in [3.8, 4) is 0 Å². The fourth-order valence-corrected chi connectivity index (χ4v) is 4.03. The van der Waals surface area contributed by atoms with Gasteiger partial charge in [0.1, 0.15) is 0 Å². The standard InChI is InChI=1S/C32H57NO3/c1-3-5-7-9-11-13-14-15-16-17-18-20-22-24-26-28-32(36)33-30(29-34)31(35)27-25-23-21-19-12-10-8-6-4-2/h4,6,12,15-16,19,25,27,30-31,34-35H,3,5,7-11,13-14,17-18,20-24,26,28-29H2,1-2H3,(H,33,36)/b6-4+,16-15-,19-12+,27-25+. The number of hydrogen-bond donors (Lipinski definition) is 3. The van der Waals surface area contributed by atoms with E-state index < -0.39 is 12.1 Å². The SMILES string of the molecule is C/C=C/CC/C=C/CC/C=C/C(O)C(CO)NC(=O)CCCCCCC/C=C\CCCCCCCC. The average Bonchev–Trinajstić information content (AvgIpc) is 2.88. The van der Waals surface area contributed by atoms with E-state index in [1.165, 1.54) is 57.8 Å². The van der Waals surface area contributed by atoms with Gasteiger partial charge in [-0.15, -0.1) is 0 Å². The molecule has 0 bridgehead atoms. The summed E-state index contributed by atoms with van der Waals surface area (Å²) in [6.45, 7) is 4.02. The van der Waals surface area contributed by atoms with Crippen molar-refractivity contribution in [1.82, 2.24) is 5.32 Å². The molecule has 0 saturated heterocycles. The van der Waals surface area contributed by atoms with Crippen LogP contribution in [0.15, 0.2) is 48.6 Å². The summed E-state index contributed by atoms with van der Waals surface area (Å²) in [7, 11) is 0. The smallest absolute Gasteiger partial charge is 0.220 e. The highest BCUT2D eigenvalue weighted by atomic mass is 16.3. The first-order valence-corrected chi connectivity index (χ1v) is 14.8. The van der Waals surface area contributed by atoms with Gasteiger partial charge in [-0.2, -0.15) is 0 Å². The highest BCUT2D eigenvalue weighted by Crippen LogP contribution is 2.10. The number of amides is 1. The van der Waals surface area contributed by atoms with Crippen molar-refractivity contribution in [1.29, 1.82) is 0 Å². The molecular weight excluding hydrogens is 446 g/mol. The molecular formula is C32H57NO3. The Morgan fingerprint density at radius 2 is 1.19 bits per heavy atom. The molecule has 0 aliphatic rings. The fourth-order valence-electron chi connectivity index (χ4n) is 4.03. The van der Waals surface area contributed by atoms with Gasteiger partial charge in [-0.3, -0.25) is 4.79 Å². The van der Waals surface area contributed by atoms with Gasteiger partial charge in [0.05, 0.1) is 18.8 Å². The van der Waals surface area contributed by atoms with Crippen molar-refractivity contribution >= 4 is 5.91 Å². The van der Waals surface area contributed by atoms with E-state index >= 15 is 0 Å². The molecule has 0 aliphatic carbocycles. The number of hydrogen-bond acceptors (Lipinski definition) is 3. The van der Waals surface area contributed by atoms with Crippen molar-refractivity contribution in [3.05, 3.63) is 48.6 Å². The van der Waals surface area contributed by atoms with Gasteiger partial charge >= 0.3 is 0 Å². The van der Waals surface area contributed by atoms with Gasteiger partial charge in [0, 0.05) is 6.42 Å². The maximum Gasteiger partial charge on any atom is 0.220 e. The number of allylic oxidation sites excluding steroid dienone is 7. The van der Waals surface area contributed by atoms with Crippen molar-refractivity contribution in [2.45, 2.75) is 142 Å². The summed E-state index contributed by atoms with van der Waals surface area (Å²) >= 11 is 0. The van der Waals surface area contributed by atoms with Crippen LogP contribution in [0.5, 0.6) is 0 Å². The molecule has 0 saturated carbocycles. The Balaban J connectivity index is 3.74. The van der Waals surface area contributed by atoms with E-state index in [0.29, 0.717) is 6.42 Å². The number of rotatable bonds is 25. The van der Waals surface area contributed by atoms with Crippen molar-refractivity contribution in [2.75, 3.05) is 6.61 Å². The van der Waals surface area contributed by atoms with Gasteiger partial charge in [0.15, 0.2) is 0 Å². The molecule has 2 atom stereocenters. The van der Waals surface area contributed by atoms with Gasteiger partial charge in [-0.25, -0.2) is 0 Å². The quantitative estimate of drug-likeness (QED) is 0.0870. The number of nitrogens with one attached hydrogen (secondary N) is 1. The van der Waals surface area contributed by atoms with Crippen LogP contribution < -0.4 is 5.32 Å². The average molecular weight is 504 g/mol. The molecule has 36 heavy (non-hydrogen) atoms. The van der Waals surface area contributed by atoms with E-state index in [9.17, 15) is 15.0 Å². The number of aliphatic hydroxyl groups excluding tert-OH is 2. The molecule has 0 spiro atoms. The zero-order chi connectivity index (χ0) is 26.5. The third-order valence-electron chi connectivity index (χ3n) is 6.36. The molecule has 208 valence electrons. The predicted octanol–water partition coefficient (Wildman–Crippen LogP) is 8.11. The number of aliphatic hydroxyl groups is 2. The summed E-state index contributed by atoms with van der Waals surface area (Å²) in [6.07, 6.45) is 36.3. The Morgan fingerprint density at radius 3 is 1.78 bits per heavy atom. The summed E-state index contributed by atoms with van der Waals surface area (Å²) in [4.78, 5) is 12.2. The van der Waals surface area contributed by atoms with Crippen LogP contribution in [0.4, 0.5) is 0 Å². The first-order valence-electron chi connectivity index (χ1n) is 14.8. The lowest BCUT2D eigenvalue weighted by Crippen LogP contribution is -2.45. The van der Waals surface area contributed by atoms with Gasteiger partial charge in [-0.05, 0) is 64.7 Å². The maximum absolute atomic E-state index is 12.2. The first kappa shape index (κ1) is 34.4. The highest BCUT2D eigenvalue weighted by molar-refractivity contribution is 5.76. The summed E-state index contributed by atoms with van der Waals surface area (Å²) in [5.74, 6) is -0.0943. The first-order chi connectivity index (χ1) is 17.7. The molecule has 2 unspecified atom stereocenters. The molecule has 0 fully saturated rings. The number of unbranched alkanes of at least 4 members (excludes halogenated alkanes) is 13. The van der Waals surface area contributed by atoms with Gasteiger partial charge < -0.3 is 15.5 Å². The van der Waals surface area contributed by atoms with Crippen molar-refractivity contribution < 1.29 is 15.0 Å². The van der Waals surface area contributed by atoms with Crippen molar-refractivity contribution in [3.63, 3.8) is 0 Å². The van der Waals surface area contributed by atoms with Crippen LogP contribution in [0.25, 0.3) is 0 Å². The number of carbonyl (C=O) groups excluding carboxylic acids is 1. The maximum atomic E-state index is 12.2. The zero-order valence-corrected chi connectivity index (χ0v) is 23.5. The Hall–Kier alpha value is -1.65. The van der Waals surface area contributed by atoms with Crippen molar-refractivity contribution in [2.24, 2.45) is 0 Å². The third kappa shape index (κ3) is 24.1. The minimum absolute atomic E-state index is 0.0943. The van der Waals surface area contributed by atoms with E-state index in [4.69, 9.17) is 0 Å². The topological polar surface area (TPSA) is 69.6 Å². The van der Waals surface area contributed by atoms with Crippen LogP contribution in [0.3, 0.4) is 0 Å². The molecule has 0 radical (unpaired) electrons. The summed E-state index contributed by atoms with van der Waals surface area (Å²) in [5, 5.41) is 22.6. The molecule has 1 amide bonds. The monoisotopic (exact) mass is 503 g/mol. The van der Waals surface area contributed by atoms with E-state index in [1.54, 1.807) is 6.08 Å². The molecule has 4 heteroatoms. The van der Waals surface area contributed by atoms with Crippen LogP contribution >= 0.6 is 0 Å². The second-order valence-corrected chi connectivity index (χ2v) is 9.80. The Bertz CT molecular complexity index is 594. The van der Waals surface area contributed by atoms with E-state index in [-0.39, 0.29) is 12.5 Å². The normalized spacial score (nSPS) is 14.0. The molecule has 3 N–H and O–H groups in total. The molecule has 0 heterocycles. The largest absolute Gasteiger partial charge is 0.394 e. The van der Waals surface area contributed by atoms with Crippen LogP contribution in [-0.4, -0.2) is 34.9 Å². The summed E-state index contributed by atoms with van der Waals surface area (Å²) in [5.41, 5.74) is 0. The summed E-state index contributed by atoms with van der Waals surface area (Å²) in [6, 6.07) is -0.645. The highest BCUT2D eigenvalue weighted by Gasteiger charge is 2.17. The molecule has 0 rings (SSSR count). The summed E-state index contributed by atoms with van der Waals surface area (Å²) < 4.78 is 0.